The monoisotopic (exact) mass is 546 g/mol. The summed E-state index contributed by atoms with van der Waals surface area (Å²) in [6, 6.07) is 7.72. The third-order valence-electron chi connectivity index (χ3n) is 5.15. The Morgan fingerprint density at radius 2 is 1.76 bits per heavy atom. The molecule has 4 rings (SSSR count). The molecule has 0 bridgehead atoms. The van der Waals surface area contributed by atoms with Crippen LogP contribution >= 0.6 is 11.8 Å². The first-order valence-electron chi connectivity index (χ1n) is 11.1. The first-order valence-corrected chi connectivity index (χ1v) is 13.5. The van der Waals surface area contributed by atoms with Gasteiger partial charge in [0, 0.05) is 34.8 Å². The lowest BCUT2D eigenvalue weighted by molar-refractivity contribution is -0.113. The highest BCUT2D eigenvalue weighted by atomic mass is 32.2. The molecule has 4 aromatic rings. The van der Waals surface area contributed by atoms with Crippen molar-refractivity contribution >= 4 is 55.4 Å². The number of fused-ring (bicyclic) bond motifs is 3. The number of anilines is 1. The molecular weight excluding hydrogens is 520 g/mol. The lowest BCUT2D eigenvalue weighted by Crippen LogP contribution is -2.30. The molecule has 0 fully saturated rings. The Bertz CT molecular complexity index is 1550. The van der Waals surface area contributed by atoms with Gasteiger partial charge < -0.3 is 24.5 Å². The van der Waals surface area contributed by atoms with Crippen molar-refractivity contribution in [1.29, 1.82) is 0 Å². The standard InChI is InChI=1S/C23H26N6O6S2/c1-12(2)29-37(31,32)14-6-7-16-15(10-14)20-22(25-16)26-23(28-27-20)36-11-19(30)24-13-8-17(33-3)21(35-5)18(9-13)34-4/h6-10,12,29H,11H2,1-5H3,(H,24,30)(H,25,26,28). The van der Waals surface area contributed by atoms with Gasteiger partial charge in [-0.2, -0.15) is 0 Å². The van der Waals surface area contributed by atoms with Gasteiger partial charge in [0.25, 0.3) is 0 Å². The van der Waals surface area contributed by atoms with E-state index in [9.17, 15) is 13.2 Å². The van der Waals surface area contributed by atoms with E-state index in [-0.39, 0.29) is 27.8 Å². The van der Waals surface area contributed by atoms with Crippen molar-refractivity contribution in [2.24, 2.45) is 0 Å². The Labute approximate surface area is 217 Å². The number of ether oxygens (including phenoxy) is 3. The zero-order chi connectivity index (χ0) is 26.7. The van der Waals surface area contributed by atoms with E-state index in [1.165, 1.54) is 33.5 Å². The maximum atomic E-state index is 12.6. The zero-order valence-corrected chi connectivity index (χ0v) is 22.4. The second-order valence-corrected chi connectivity index (χ2v) is 10.8. The molecule has 37 heavy (non-hydrogen) atoms. The average Bonchev–Trinajstić information content (AvgIpc) is 3.23. The molecule has 0 saturated carbocycles. The highest BCUT2D eigenvalue weighted by molar-refractivity contribution is 7.99. The Hall–Kier alpha value is -3.62. The highest BCUT2D eigenvalue weighted by Crippen LogP contribution is 2.40. The third-order valence-corrected chi connectivity index (χ3v) is 7.64. The second-order valence-electron chi connectivity index (χ2n) is 8.15. The molecule has 0 spiro atoms. The maximum Gasteiger partial charge on any atom is 0.240 e. The van der Waals surface area contributed by atoms with Gasteiger partial charge in [0.05, 0.1) is 32.0 Å². The minimum Gasteiger partial charge on any atom is -0.493 e. The van der Waals surface area contributed by atoms with Crippen molar-refractivity contribution < 1.29 is 27.4 Å². The van der Waals surface area contributed by atoms with Gasteiger partial charge in [-0.05, 0) is 32.0 Å². The zero-order valence-electron chi connectivity index (χ0n) is 20.8. The molecule has 2 aromatic carbocycles. The number of benzene rings is 2. The number of carbonyl (C=O) groups is 1. The van der Waals surface area contributed by atoms with Gasteiger partial charge in [0.15, 0.2) is 17.1 Å². The van der Waals surface area contributed by atoms with Crippen molar-refractivity contribution in [3.63, 3.8) is 0 Å². The molecule has 3 N–H and O–H groups in total. The van der Waals surface area contributed by atoms with Crippen molar-refractivity contribution in [2.75, 3.05) is 32.4 Å². The fraction of sp³-hybridized carbons (Fsp3) is 0.304. The van der Waals surface area contributed by atoms with Crippen LogP contribution in [0.5, 0.6) is 17.2 Å². The summed E-state index contributed by atoms with van der Waals surface area (Å²) in [6.45, 7) is 3.50. The number of amides is 1. The summed E-state index contributed by atoms with van der Waals surface area (Å²) >= 11 is 1.10. The molecule has 14 heteroatoms. The van der Waals surface area contributed by atoms with Gasteiger partial charge in [-0.15, -0.1) is 10.2 Å². The molecule has 2 heterocycles. The summed E-state index contributed by atoms with van der Waals surface area (Å²) < 4.78 is 43.6. The summed E-state index contributed by atoms with van der Waals surface area (Å²) in [7, 11) is 0.815. The van der Waals surface area contributed by atoms with E-state index in [4.69, 9.17) is 14.2 Å². The summed E-state index contributed by atoms with van der Waals surface area (Å²) in [5.74, 6) is 0.972. The predicted molar refractivity (Wildman–Crippen MR) is 140 cm³/mol. The largest absolute Gasteiger partial charge is 0.493 e. The second kappa shape index (κ2) is 10.8. The van der Waals surface area contributed by atoms with Crippen LogP contribution in [-0.4, -0.2) is 67.6 Å². The van der Waals surface area contributed by atoms with E-state index in [0.29, 0.717) is 45.0 Å². The van der Waals surface area contributed by atoms with Gasteiger partial charge in [-0.25, -0.2) is 18.1 Å². The van der Waals surface area contributed by atoms with E-state index in [1.807, 2.05) is 0 Å². The van der Waals surface area contributed by atoms with Crippen LogP contribution in [0.15, 0.2) is 40.4 Å². The normalized spacial score (nSPS) is 11.7. The predicted octanol–water partition coefficient (Wildman–Crippen LogP) is 2.95. The van der Waals surface area contributed by atoms with Crippen LogP contribution in [0.4, 0.5) is 5.69 Å². The molecule has 0 atom stereocenters. The Morgan fingerprint density at radius 1 is 1.05 bits per heavy atom. The first kappa shape index (κ1) is 26.4. The topological polar surface area (TPSA) is 157 Å². The number of thioether (sulfide) groups is 1. The van der Waals surface area contributed by atoms with Gasteiger partial charge in [0.1, 0.15) is 5.52 Å². The average molecular weight is 547 g/mol. The smallest absolute Gasteiger partial charge is 0.240 e. The van der Waals surface area contributed by atoms with Crippen LogP contribution in [0.3, 0.4) is 0 Å². The fourth-order valence-electron chi connectivity index (χ4n) is 3.62. The fourth-order valence-corrected chi connectivity index (χ4v) is 5.49. The molecule has 0 saturated heterocycles. The van der Waals surface area contributed by atoms with Gasteiger partial charge >= 0.3 is 0 Å². The van der Waals surface area contributed by atoms with Crippen molar-refractivity contribution in [3.05, 3.63) is 30.3 Å². The first-order chi connectivity index (χ1) is 17.6. The molecule has 2 aromatic heterocycles. The van der Waals surface area contributed by atoms with Crippen LogP contribution in [-0.2, 0) is 14.8 Å². The summed E-state index contributed by atoms with van der Waals surface area (Å²) in [4.78, 5) is 20.2. The molecule has 0 aliphatic carbocycles. The number of hydrogen-bond donors (Lipinski definition) is 3. The number of nitrogens with one attached hydrogen (secondary N) is 3. The number of carbonyl (C=O) groups excluding carboxylic acids is 1. The SMILES string of the molecule is COc1cc(NC(=O)CSc2nnc3c(n2)[nH]c2ccc(S(=O)(=O)NC(C)C)cc23)cc(OC)c1OC. The van der Waals surface area contributed by atoms with Crippen molar-refractivity contribution in [3.8, 4) is 17.2 Å². The maximum absolute atomic E-state index is 12.6. The summed E-state index contributed by atoms with van der Waals surface area (Å²) in [5.41, 5.74) is 2.01. The number of H-pyrrole nitrogens is 1. The number of rotatable bonds is 10. The Balaban J connectivity index is 1.50. The molecule has 1 amide bonds. The van der Waals surface area contributed by atoms with Crippen molar-refractivity contribution in [2.45, 2.75) is 29.9 Å². The number of nitrogens with zero attached hydrogens (tertiary/aromatic N) is 3. The van der Waals surface area contributed by atoms with Crippen LogP contribution in [0.25, 0.3) is 22.1 Å². The minimum absolute atomic E-state index is 0.0212. The molecule has 0 aliphatic heterocycles. The number of aromatic nitrogens is 4. The number of methoxy groups -OCH3 is 3. The van der Waals surface area contributed by atoms with Crippen LogP contribution in [0, 0.1) is 0 Å². The van der Waals surface area contributed by atoms with Crippen molar-refractivity contribution in [1.82, 2.24) is 24.9 Å². The van der Waals surface area contributed by atoms with E-state index in [2.05, 4.69) is 30.2 Å². The number of aromatic amines is 1. The van der Waals surface area contributed by atoms with Gasteiger partial charge in [-0.3, -0.25) is 4.79 Å². The minimum atomic E-state index is -3.67. The van der Waals surface area contributed by atoms with Crippen LogP contribution < -0.4 is 24.2 Å². The van der Waals surface area contributed by atoms with E-state index in [0.717, 1.165) is 11.8 Å². The molecule has 0 radical (unpaired) electrons. The van der Waals surface area contributed by atoms with Crippen LogP contribution in [0.1, 0.15) is 13.8 Å². The third kappa shape index (κ3) is 5.70. The van der Waals surface area contributed by atoms with E-state index < -0.39 is 10.0 Å². The number of sulfonamides is 1. The number of hydrogen-bond acceptors (Lipinski definition) is 10. The molecule has 12 nitrogen and oxygen atoms in total. The van der Waals surface area contributed by atoms with Gasteiger partial charge in [-0.1, -0.05) is 11.8 Å². The van der Waals surface area contributed by atoms with Crippen LogP contribution in [0.2, 0.25) is 0 Å². The highest BCUT2D eigenvalue weighted by Gasteiger charge is 2.19. The molecular formula is C23H26N6O6S2. The Morgan fingerprint density at radius 3 is 2.38 bits per heavy atom. The Kier molecular flexibility index (Phi) is 7.71. The van der Waals surface area contributed by atoms with E-state index >= 15 is 0 Å². The van der Waals surface area contributed by atoms with E-state index in [1.54, 1.807) is 32.0 Å². The lowest BCUT2D eigenvalue weighted by atomic mass is 10.2. The summed E-state index contributed by atoms with van der Waals surface area (Å²) in [5, 5.41) is 12.0. The quantitative estimate of drug-likeness (QED) is 0.253. The molecule has 196 valence electrons. The molecule has 0 unspecified atom stereocenters. The summed E-state index contributed by atoms with van der Waals surface area (Å²) in [6.07, 6.45) is 0. The molecule has 0 aliphatic rings. The van der Waals surface area contributed by atoms with Gasteiger partial charge in [0.2, 0.25) is 26.8 Å². The lowest BCUT2D eigenvalue weighted by Gasteiger charge is -2.14.